The topological polar surface area (TPSA) is 29.3 Å². The molecule has 2 aliphatic carbocycles. The summed E-state index contributed by atoms with van der Waals surface area (Å²) in [4.78, 5) is 2.39. The lowest BCUT2D eigenvalue weighted by Crippen LogP contribution is -2.29. The SMILES string of the molecule is NCc1c(F)cccc1N(CC1CC1)C1CC1. The number of hydrogen-bond donors (Lipinski definition) is 1. The number of anilines is 1. The number of nitrogens with two attached hydrogens (primary N) is 1. The quantitative estimate of drug-likeness (QED) is 0.848. The molecule has 2 nitrogen and oxygen atoms in total. The van der Waals surface area contributed by atoms with E-state index in [0.717, 1.165) is 18.2 Å². The van der Waals surface area contributed by atoms with Crippen LogP contribution in [-0.2, 0) is 6.54 Å². The summed E-state index contributed by atoms with van der Waals surface area (Å²) in [5.41, 5.74) is 7.40. The zero-order valence-electron chi connectivity index (χ0n) is 10.0. The maximum Gasteiger partial charge on any atom is 0.129 e. The van der Waals surface area contributed by atoms with Crippen LogP contribution in [0.3, 0.4) is 0 Å². The molecule has 0 atom stereocenters. The van der Waals surface area contributed by atoms with Gasteiger partial charge in [0.25, 0.3) is 0 Å². The summed E-state index contributed by atoms with van der Waals surface area (Å²) in [6.07, 6.45) is 5.15. The lowest BCUT2D eigenvalue weighted by atomic mass is 10.1. The van der Waals surface area contributed by atoms with Crippen molar-refractivity contribution in [3.8, 4) is 0 Å². The van der Waals surface area contributed by atoms with Crippen LogP contribution in [0.1, 0.15) is 31.2 Å². The van der Waals surface area contributed by atoms with Crippen LogP contribution in [0.4, 0.5) is 10.1 Å². The molecule has 2 saturated carbocycles. The van der Waals surface area contributed by atoms with Crippen molar-refractivity contribution in [2.45, 2.75) is 38.3 Å². The lowest BCUT2D eigenvalue weighted by Gasteiger charge is -2.27. The lowest BCUT2D eigenvalue weighted by molar-refractivity contribution is 0.606. The van der Waals surface area contributed by atoms with Crippen LogP contribution in [-0.4, -0.2) is 12.6 Å². The highest BCUT2D eigenvalue weighted by atomic mass is 19.1. The second kappa shape index (κ2) is 4.30. The van der Waals surface area contributed by atoms with Crippen molar-refractivity contribution in [1.29, 1.82) is 0 Å². The average molecular weight is 234 g/mol. The van der Waals surface area contributed by atoms with E-state index in [1.807, 2.05) is 6.07 Å². The molecule has 0 bridgehead atoms. The Labute approximate surface area is 102 Å². The van der Waals surface area contributed by atoms with Gasteiger partial charge >= 0.3 is 0 Å². The molecule has 17 heavy (non-hydrogen) atoms. The number of halogens is 1. The minimum absolute atomic E-state index is 0.161. The van der Waals surface area contributed by atoms with Gasteiger partial charge < -0.3 is 10.6 Å². The first kappa shape index (κ1) is 11.0. The van der Waals surface area contributed by atoms with Crippen LogP contribution in [0.25, 0.3) is 0 Å². The molecule has 0 spiro atoms. The molecule has 2 aliphatic rings. The van der Waals surface area contributed by atoms with Crippen LogP contribution in [0.2, 0.25) is 0 Å². The third-order valence-corrected chi connectivity index (χ3v) is 3.75. The normalized spacial score (nSPS) is 19.4. The number of rotatable bonds is 5. The average Bonchev–Trinajstić information content (AvgIpc) is 3.17. The molecule has 0 heterocycles. The van der Waals surface area contributed by atoms with Crippen molar-refractivity contribution in [2.24, 2.45) is 11.7 Å². The molecule has 92 valence electrons. The molecular weight excluding hydrogens is 215 g/mol. The summed E-state index contributed by atoms with van der Waals surface area (Å²) in [5, 5.41) is 0. The second-order valence-electron chi connectivity index (χ2n) is 5.27. The van der Waals surface area contributed by atoms with Crippen molar-refractivity contribution in [3.05, 3.63) is 29.6 Å². The highest BCUT2D eigenvalue weighted by molar-refractivity contribution is 5.56. The molecule has 0 aromatic heterocycles. The first-order valence-electron chi connectivity index (χ1n) is 6.53. The Kier molecular flexibility index (Phi) is 2.79. The third-order valence-electron chi connectivity index (χ3n) is 3.75. The van der Waals surface area contributed by atoms with Crippen LogP contribution in [0, 0.1) is 11.7 Å². The van der Waals surface area contributed by atoms with Crippen molar-refractivity contribution in [1.82, 2.24) is 0 Å². The fourth-order valence-electron chi connectivity index (χ4n) is 2.43. The second-order valence-corrected chi connectivity index (χ2v) is 5.27. The van der Waals surface area contributed by atoms with Gasteiger partial charge in [0, 0.05) is 30.4 Å². The maximum absolute atomic E-state index is 13.7. The highest BCUT2D eigenvalue weighted by Crippen LogP contribution is 2.39. The Morgan fingerprint density at radius 2 is 2.00 bits per heavy atom. The van der Waals surface area contributed by atoms with E-state index in [-0.39, 0.29) is 12.4 Å². The van der Waals surface area contributed by atoms with Crippen LogP contribution in [0.5, 0.6) is 0 Å². The molecule has 0 saturated heterocycles. The van der Waals surface area contributed by atoms with Crippen molar-refractivity contribution in [3.63, 3.8) is 0 Å². The Morgan fingerprint density at radius 1 is 1.24 bits per heavy atom. The minimum atomic E-state index is -0.161. The van der Waals surface area contributed by atoms with Gasteiger partial charge in [-0.2, -0.15) is 0 Å². The third kappa shape index (κ3) is 2.29. The molecule has 1 aromatic rings. The summed E-state index contributed by atoms with van der Waals surface area (Å²) in [6, 6.07) is 5.95. The van der Waals surface area contributed by atoms with E-state index in [1.165, 1.54) is 31.7 Å². The first-order chi connectivity index (χ1) is 8.29. The monoisotopic (exact) mass is 234 g/mol. The Hall–Kier alpha value is -1.09. The molecule has 0 unspecified atom stereocenters. The molecule has 2 N–H and O–H groups in total. The van der Waals surface area contributed by atoms with Gasteiger partial charge in [-0.15, -0.1) is 0 Å². The van der Waals surface area contributed by atoms with Gasteiger partial charge in [0.15, 0.2) is 0 Å². The zero-order chi connectivity index (χ0) is 11.8. The fraction of sp³-hybridized carbons (Fsp3) is 0.571. The maximum atomic E-state index is 13.7. The zero-order valence-corrected chi connectivity index (χ0v) is 10.0. The van der Waals surface area contributed by atoms with E-state index in [0.29, 0.717) is 11.6 Å². The fourth-order valence-corrected chi connectivity index (χ4v) is 2.43. The number of nitrogens with zero attached hydrogens (tertiary/aromatic N) is 1. The minimum Gasteiger partial charge on any atom is -0.368 e. The van der Waals surface area contributed by atoms with E-state index < -0.39 is 0 Å². The van der Waals surface area contributed by atoms with Gasteiger partial charge in [0.2, 0.25) is 0 Å². The molecule has 3 heteroatoms. The summed E-state index contributed by atoms with van der Waals surface area (Å²) < 4.78 is 13.7. The molecular formula is C14H19FN2. The summed E-state index contributed by atoms with van der Waals surface area (Å²) in [5.74, 6) is 0.663. The van der Waals surface area contributed by atoms with Gasteiger partial charge in [-0.25, -0.2) is 4.39 Å². The Balaban J connectivity index is 1.90. The van der Waals surface area contributed by atoms with Gasteiger partial charge in [0.05, 0.1) is 0 Å². The van der Waals surface area contributed by atoms with Crippen LogP contribution >= 0.6 is 0 Å². The van der Waals surface area contributed by atoms with E-state index in [2.05, 4.69) is 4.90 Å². The smallest absolute Gasteiger partial charge is 0.129 e. The molecule has 1 aromatic carbocycles. The van der Waals surface area contributed by atoms with Crippen molar-refractivity contribution < 1.29 is 4.39 Å². The van der Waals surface area contributed by atoms with E-state index in [1.54, 1.807) is 6.07 Å². The molecule has 0 amide bonds. The van der Waals surface area contributed by atoms with E-state index in [9.17, 15) is 4.39 Å². The summed E-state index contributed by atoms with van der Waals surface area (Å²) >= 11 is 0. The van der Waals surface area contributed by atoms with Gasteiger partial charge in [-0.3, -0.25) is 0 Å². The van der Waals surface area contributed by atoms with Crippen molar-refractivity contribution in [2.75, 3.05) is 11.4 Å². The van der Waals surface area contributed by atoms with Gasteiger partial charge in [-0.1, -0.05) is 6.07 Å². The standard InChI is InChI=1S/C14H19FN2/c15-13-2-1-3-14(12(13)8-16)17(11-6-7-11)9-10-4-5-10/h1-3,10-11H,4-9,16H2. The highest BCUT2D eigenvalue weighted by Gasteiger charge is 2.34. The molecule has 0 radical (unpaired) electrons. The van der Waals surface area contributed by atoms with Crippen LogP contribution < -0.4 is 10.6 Å². The molecule has 0 aliphatic heterocycles. The van der Waals surface area contributed by atoms with E-state index in [4.69, 9.17) is 5.73 Å². The molecule has 3 rings (SSSR count). The number of hydrogen-bond acceptors (Lipinski definition) is 2. The number of benzene rings is 1. The van der Waals surface area contributed by atoms with Gasteiger partial charge in [0.1, 0.15) is 5.82 Å². The predicted molar refractivity (Wildman–Crippen MR) is 67.4 cm³/mol. The largest absolute Gasteiger partial charge is 0.368 e. The van der Waals surface area contributed by atoms with Crippen LogP contribution in [0.15, 0.2) is 18.2 Å². The Bertz CT molecular complexity index is 411. The Morgan fingerprint density at radius 3 is 2.59 bits per heavy atom. The van der Waals surface area contributed by atoms with Gasteiger partial charge in [-0.05, 0) is 43.7 Å². The van der Waals surface area contributed by atoms with Crippen molar-refractivity contribution >= 4 is 5.69 Å². The summed E-state index contributed by atoms with van der Waals surface area (Å²) in [6.45, 7) is 1.37. The molecule has 2 fully saturated rings. The predicted octanol–water partition coefficient (Wildman–Crippen LogP) is 2.66. The summed E-state index contributed by atoms with van der Waals surface area (Å²) in [7, 11) is 0. The first-order valence-corrected chi connectivity index (χ1v) is 6.53. The van der Waals surface area contributed by atoms with E-state index >= 15 is 0 Å².